The van der Waals surface area contributed by atoms with Crippen LogP contribution in [0.2, 0.25) is 0 Å². The number of fused-ring (bicyclic) bond motifs is 3. The number of hydrogen-bond donors (Lipinski definition) is 0. The zero-order chi connectivity index (χ0) is 20.6. The molecule has 6 heteroatoms. The molecule has 30 heavy (non-hydrogen) atoms. The van der Waals surface area contributed by atoms with E-state index in [-0.39, 0.29) is 18.0 Å². The third-order valence-electron chi connectivity index (χ3n) is 7.43. The average molecular weight is 430 g/mol. The number of benzene rings is 1. The van der Waals surface area contributed by atoms with Crippen LogP contribution < -0.4 is 4.90 Å². The first-order valence-corrected chi connectivity index (χ1v) is 12.1. The number of quaternary nitrogens is 1. The first-order valence-electron chi connectivity index (χ1n) is 11.2. The first kappa shape index (κ1) is 20.0. The van der Waals surface area contributed by atoms with Crippen molar-refractivity contribution in [2.45, 2.75) is 44.8 Å². The van der Waals surface area contributed by atoms with Crippen LogP contribution in [0.3, 0.4) is 0 Å². The molecule has 2 aromatic rings. The number of anilines is 1. The first-order chi connectivity index (χ1) is 14.6. The van der Waals surface area contributed by atoms with Gasteiger partial charge in [-0.2, -0.15) is 11.3 Å². The smallest absolute Gasteiger partial charge is 0.415 e. The van der Waals surface area contributed by atoms with E-state index in [0.717, 1.165) is 41.0 Å². The van der Waals surface area contributed by atoms with Crippen LogP contribution in [0.4, 0.5) is 14.9 Å². The molecule has 0 spiro atoms. The highest BCUT2D eigenvalue weighted by atomic mass is 32.1. The van der Waals surface area contributed by atoms with E-state index < -0.39 is 0 Å². The van der Waals surface area contributed by atoms with Gasteiger partial charge in [-0.1, -0.05) is 18.6 Å². The van der Waals surface area contributed by atoms with E-state index in [9.17, 15) is 9.18 Å². The van der Waals surface area contributed by atoms with E-state index in [2.05, 4.69) is 0 Å². The van der Waals surface area contributed by atoms with Crippen molar-refractivity contribution >= 4 is 23.1 Å². The third kappa shape index (κ3) is 4.12. The Bertz CT molecular complexity index is 875. The van der Waals surface area contributed by atoms with E-state index in [1.54, 1.807) is 22.3 Å². The van der Waals surface area contributed by atoms with Crippen molar-refractivity contribution in [2.75, 3.05) is 31.1 Å². The molecule has 1 atom stereocenters. The van der Waals surface area contributed by atoms with E-state index >= 15 is 0 Å². The number of nitrogens with zero attached hydrogens (tertiary/aromatic N) is 2. The van der Waals surface area contributed by atoms with Gasteiger partial charge >= 0.3 is 6.09 Å². The van der Waals surface area contributed by atoms with Gasteiger partial charge in [0.25, 0.3) is 0 Å². The van der Waals surface area contributed by atoms with Gasteiger partial charge in [-0.25, -0.2) is 9.18 Å². The topological polar surface area (TPSA) is 29.5 Å². The highest BCUT2D eigenvalue weighted by Crippen LogP contribution is 2.39. The normalized spacial score (nSPS) is 28.2. The van der Waals surface area contributed by atoms with E-state index in [0.29, 0.717) is 12.5 Å². The minimum absolute atomic E-state index is 0.00581. The largest absolute Gasteiger partial charge is 0.440 e. The van der Waals surface area contributed by atoms with Crippen LogP contribution in [0.15, 0.2) is 41.1 Å². The Labute approximate surface area is 181 Å². The van der Waals surface area contributed by atoms with Crippen molar-refractivity contribution in [3.05, 3.63) is 52.5 Å². The molecule has 6 rings (SSSR count). The number of halogens is 1. The second kappa shape index (κ2) is 8.31. The number of piperidine rings is 3. The highest BCUT2D eigenvalue weighted by molar-refractivity contribution is 7.08. The zero-order valence-electron chi connectivity index (χ0n) is 17.3. The number of carbonyl (C=O) groups excluding carboxylic acids is 1. The molecular weight excluding hydrogens is 399 g/mol. The highest BCUT2D eigenvalue weighted by Gasteiger charge is 2.49. The predicted molar refractivity (Wildman–Crippen MR) is 117 cm³/mol. The number of ether oxygens (including phenoxy) is 1. The molecular formula is C24H30FN2O2S+. The summed E-state index contributed by atoms with van der Waals surface area (Å²) in [5, 5.41) is 3.90. The average Bonchev–Trinajstić information content (AvgIpc) is 3.24. The van der Waals surface area contributed by atoms with Crippen LogP contribution in [0.1, 0.15) is 37.7 Å². The molecule has 4 heterocycles. The molecule has 3 aliphatic heterocycles. The molecule has 1 aromatic carbocycles. The Morgan fingerprint density at radius 2 is 2.03 bits per heavy atom. The molecule has 0 radical (unpaired) electrons. The lowest BCUT2D eigenvalue weighted by molar-refractivity contribution is -0.949. The summed E-state index contributed by atoms with van der Waals surface area (Å²) in [7, 11) is 0. The fourth-order valence-corrected chi connectivity index (χ4v) is 6.16. The van der Waals surface area contributed by atoms with Gasteiger partial charge in [0.1, 0.15) is 12.4 Å². The molecule has 3 saturated heterocycles. The molecule has 160 valence electrons. The molecule has 0 unspecified atom stereocenters. The molecule has 1 saturated carbocycles. The van der Waals surface area contributed by atoms with Crippen LogP contribution in [0, 0.1) is 17.7 Å². The number of thiophene rings is 1. The minimum Gasteiger partial charge on any atom is -0.440 e. The number of rotatable bonds is 6. The summed E-state index contributed by atoms with van der Waals surface area (Å²) in [6, 6.07) is 8.37. The quantitative estimate of drug-likeness (QED) is 0.572. The Balaban J connectivity index is 1.30. The van der Waals surface area contributed by atoms with Gasteiger partial charge in [0.15, 0.2) is 6.10 Å². The Morgan fingerprint density at radius 3 is 2.70 bits per heavy atom. The predicted octanol–water partition coefficient (Wildman–Crippen LogP) is 5.44. The van der Waals surface area contributed by atoms with E-state index in [1.807, 2.05) is 22.9 Å². The molecule has 2 bridgehead atoms. The summed E-state index contributed by atoms with van der Waals surface area (Å²) in [5.74, 6) is 1.06. The van der Waals surface area contributed by atoms with Gasteiger partial charge < -0.3 is 9.22 Å². The van der Waals surface area contributed by atoms with Gasteiger partial charge in [-0.05, 0) is 42.0 Å². The zero-order valence-corrected chi connectivity index (χ0v) is 18.2. The summed E-state index contributed by atoms with van der Waals surface area (Å²) in [4.78, 5) is 14.9. The van der Waals surface area contributed by atoms with Crippen molar-refractivity contribution in [3.63, 3.8) is 0 Å². The molecule has 4 aliphatic rings. The maximum absolute atomic E-state index is 13.7. The lowest BCUT2D eigenvalue weighted by Gasteiger charge is -2.54. The van der Waals surface area contributed by atoms with Crippen molar-refractivity contribution in [1.82, 2.24) is 0 Å². The summed E-state index contributed by atoms with van der Waals surface area (Å²) < 4.78 is 21.0. The molecule has 1 amide bonds. The maximum Gasteiger partial charge on any atom is 0.415 e. The van der Waals surface area contributed by atoms with E-state index in [4.69, 9.17) is 4.74 Å². The Kier molecular flexibility index (Phi) is 5.54. The summed E-state index contributed by atoms with van der Waals surface area (Å²) in [5.41, 5.74) is 1.58. The number of carbonyl (C=O) groups is 1. The molecule has 1 aliphatic carbocycles. The summed E-state index contributed by atoms with van der Waals surface area (Å²) >= 11 is 1.55. The summed E-state index contributed by atoms with van der Waals surface area (Å²) in [6.45, 7) is 5.02. The van der Waals surface area contributed by atoms with Crippen molar-refractivity contribution in [2.24, 2.45) is 11.8 Å². The number of amides is 1. The van der Waals surface area contributed by atoms with Crippen LogP contribution in [-0.2, 0) is 11.3 Å². The van der Waals surface area contributed by atoms with Crippen molar-refractivity contribution < 1.29 is 18.4 Å². The van der Waals surface area contributed by atoms with Crippen LogP contribution in [0.25, 0.3) is 0 Å². The Hall–Kier alpha value is -1.92. The fraction of sp³-hybridized carbons (Fsp3) is 0.542. The standard InChI is InChI=1S/C24H30FN2O2S/c25-21-6-2-5-19(13-21)14-26(22-9-12-30-17-22)24(28)29-23-16-27(15-18-3-1-4-18)10-7-20(23)8-11-27/h2,5-6,9,12-13,17-18,20,23H,1,3-4,7-8,10-11,14-16H2/q+1/t20?,23-,27?/m0/s1. The van der Waals surface area contributed by atoms with Gasteiger partial charge in [-0.3, -0.25) is 4.90 Å². The molecule has 1 aromatic heterocycles. The lowest BCUT2D eigenvalue weighted by atomic mass is 9.79. The monoisotopic (exact) mass is 429 g/mol. The van der Waals surface area contributed by atoms with Crippen molar-refractivity contribution in [3.8, 4) is 0 Å². The van der Waals surface area contributed by atoms with Crippen LogP contribution >= 0.6 is 11.3 Å². The molecule has 4 fully saturated rings. The third-order valence-corrected chi connectivity index (χ3v) is 8.10. The van der Waals surface area contributed by atoms with Gasteiger partial charge in [-0.15, -0.1) is 0 Å². The second-order valence-electron chi connectivity index (χ2n) is 9.41. The van der Waals surface area contributed by atoms with Crippen LogP contribution in [-0.4, -0.2) is 42.9 Å². The summed E-state index contributed by atoms with van der Waals surface area (Å²) in [6.07, 6.45) is 6.12. The fourth-order valence-electron chi connectivity index (χ4n) is 5.52. The molecule has 0 N–H and O–H groups in total. The number of hydrogen-bond acceptors (Lipinski definition) is 3. The van der Waals surface area contributed by atoms with Crippen LogP contribution in [0.5, 0.6) is 0 Å². The maximum atomic E-state index is 13.7. The SMILES string of the molecule is O=C(O[C@H]1C[N+]2(CC3CCC3)CCC1CC2)N(Cc1cccc(F)c1)c1ccsc1. The van der Waals surface area contributed by atoms with Gasteiger partial charge in [0, 0.05) is 30.1 Å². The second-order valence-corrected chi connectivity index (χ2v) is 10.2. The van der Waals surface area contributed by atoms with Gasteiger partial charge in [0.05, 0.1) is 31.9 Å². The molecule has 4 nitrogen and oxygen atoms in total. The lowest BCUT2D eigenvalue weighted by Crippen LogP contribution is -2.66. The van der Waals surface area contributed by atoms with Crippen molar-refractivity contribution in [1.29, 1.82) is 0 Å². The van der Waals surface area contributed by atoms with Gasteiger partial charge in [0.2, 0.25) is 0 Å². The van der Waals surface area contributed by atoms with E-state index in [1.165, 1.54) is 51.0 Å². The Morgan fingerprint density at radius 1 is 1.20 bits per heavy atom. The minimum atomic E-state index is -0.307.